The fraction of sp³-hybridized carbons (Fsp3) is 0.833. The zero-order valence-electron chi connectivity index (χ0n) is 6.73. The second kappa shape index (κ2) is 3.34. The zero-order valence-corrected chi connectivity index (χ0v) is 8.32. The molecule has 0 radical (unpaired) electrons. The molecule has 0 aliphatic carbocycles. The Morgan fingerprint density at radius 2 is 1.90 bits per heavy atom. The number of halogens is 1. The van der Waals surface area contributed by atoms with Gasteiger partial charge in [-0.15, -0.1) is 0 Å². The van der Waals surface area contributed by atoms with Crippen LogP contribution in [0.1, 0.15) is 13.8 Å². The third-order valence-corrected chi connectivity index (χ3v) is 1.23. The van der Waals surface area contributed by atoms with Gasteiger partial charge in [-0.3, -0.25) is 10.2 Å². The van der Waals surface area contributed by atoms with Crippen molar-refractivity contribution in [2.75, 3.05) is 14.1 Å². The van der Waals surface area contributed by atoms with Gasteiger partial charge in [0.1, 0.15) is 0 Å². The molecule has 1 N–H and O–H groups in total. The summed E-state index contributed by atoms with van der Waals surface area (Å²) in [5.41, 5.74) is 2.63. The first-order valence-corrected chi connectivity index (χ1v) is 3.80. The minimum Gasteiger partial charge on any atom is -0.288 e. The van der Waals surface area contributed by atoms with Crippen LogP contribution < -0.4 is 5.43 Å². The minimum atomic E-state index is -0.489. The summed E-state index contributed by atoms with van der Waals surface area (Å²) in [6, 6.07) is 0. The van der Waals surface area contributed by atoms with Gasteiger partial charge in [0.05, 0.1) is 4.32 Å². The van der Waals surface area contributed by atoms with Crippen molar-refractivity contribution in [2.24, 2.45) is 0 Å². The van der Waals surface area contributed by atoms with Crippen LogP contribution in [-0.4, -0.2) is 29.3 Å². The summed E-state index contributed by atoms with van der Waals surface area (Å²) in [6.45, 7) is 3.59. The maximum Gasteiger partial charge on any atom is 0.250 e. The first kappa shape index (κ1) is 9.91. The molecule has 0 aromatic rings. The molecule has 3 nitrogen and oxygen atoms in total. The van der Waals surface area contributed by atoms with E-state index in [1.54, 1.807) is 33.0 Å². The molecule has 0 unspecified atom stereocenters. The molecule has 0 spiro atoms. The van der Waals surface area contributed by atoms with Crippen molar-refractivity contribution >= 4 is 21.8 Å². The van der Waals surface area contributed by atoms with E-state index in [2.05, 4.69) is 21.4 Å². The van der Waals surface area contributed by atoms with E-state index in [1.807, 2.05) is 0 Å². The molecule has 0 aromatic heterocycles. The highest BCUT2D eigenvalue weighted by molar-refractivity contribution is 9.10. The van der Waals surface area contributed by atoms with Crippen LogP contribution in [0.2, 0.25) is 0 Å². The summed E-state index contributed by atoms with van der Waals surface area (Å²) >= 11 is 3.23. The van der Waals surface area contributed by atoms with Gasteiger partial charge in [0.2, 0.25) is 0 Å². The first-order valence-electron chi connectivity index (χ1n) is 3.01. The van der Waals surface area contributed by atoms with Crippen molar-refractivity contribution in [3.05, 3.63) is 0 Å². The molecule has 0 rings (SSSR count). The summed E-state index contributed by atoms with van der Waals surface area (Å²) in [5.74, 6) is -0.0440. The van der Waals surface area contributed by atoms with Crippen LogP contribution in [0.4, 0.5) is 0 Å². The number of alkyl halides is 1. The topological polar surface area (TPSA) is 32.3 Å². The summed E-state index contributed by atoms with van der Waals surface area (Å²) < 4.78 is -0.489. The number of carbonyl (C=O) groups is 1. The Morgan fingerprint density at radius 1 is 1.50 bits per heavy atom. The predicted octanol–water partition coefficient (Wildman–Crippen LogP) is 0.753. The van der Waals surface area contributed by atoms with Crippen molar-refractivity contribution in [3.63, 3.8) is 0 Å². The lowest BCUT2D eigenvalue weighted by Gasteiger charge is -2.19. The van der Waals surface area contributed by atoms with Crippen LogP contribution in [0.25, 0.3) is 0 Å². The van der Waals surface area contributed by atoms with Gasteiger partial charge in [0, 0.05) is 14.1 Å². The van der Waals surface area contributed by atoms with Gasteiger partial charge in [-0.25, -0.2) is 5.01 Å². The van der Waals surface area contributed by atoms with Gasteiger partial charge in [0.25, 0.3) is 5.91 Å². The van der Waals surface area contributed by atoms with Gasteiger partial charge in [-0.05, 0) is 13.8 Å². The molecule has 10 heavy (non-hydrogen) atoms. The molecule has 0 bridgehead atoms. The maximum atomic E-state index is 11.1. The largest absolute Gasteiger partial charge is 0.288 e. The standard InChI is InChI=1S/C6H13BrN2O/c1-6(2,7)5(10)8-9(3)4/h1-4H3,(H,8,10). The maximum absolute atomic E-state index is 11.1. The van der Waals surface area contributed by atoms with Crippen molar-refractivity contribution in [3.8, 4) is 0 Å². The van der Waals surface area contributed by atoms with E-state index >= 15 is 0 Å². The van der Waals surface area contributed by atoms with E-state index in [-0.39, 0.29) is 5.91 Å². The zero-order chi connectivity index (χ0) is 8.36. The summed E-state index contributed by atoms with van der Waals surface area (Å²) in [5, 5.41) is 1.62. The van der Waals surface area contributed by atoms with Crippen LogP contribution in [0.5, 0.6) is 0 Å². The predicted molar refractivity (Wildman–Crippen MR) is 44.8 cm³/mol. The Morgan fingerprint density at radius 3 is 2.00 bits per heavy atom. The Balaban J connectivity index is 3.87. The van der Waals surface area contributed by atoms with Crippen molar-refractivity contribution in [1.29, 1.82) is 0 Å². The van der Waals surface area contributed by atoms with E-state index in [4.69, 9.17) is 0 Å². The van der Waals surface area contributed by atoms with Gasteiger partial charge in [-0.1, -0.05) is 15.9 Å². The number of amides is 1. The minimum absolute atomic E-state index is 0.0440. The summed E-state index contributed by atoms with van der Waals surface area (Å²) in [6.07, 6.45) is 0. The lowest BCUT2D eigenvalue weighted by Crippen LogP contribution is -2.44. The quantitative estimate of drug-likeness (QED) is 0.537. The van der Waals surface area contributed by atoms with Crippen molar-refractivity contribution in [1.82, 2.24) is 10.4 Å². The third kappa shape index (κ3) is 3.85. The van der Waals surface area contributed by atoms with Crippen LogP contribution in [0, 0.1) is 0 Å². The Bertz CT molecular complexity index is 128. The van der Waals surface area contributed by atoms with E-state index in [0.29, 0.717) is 0 Å². The molecular formula is C6H13BrN2O. The van der Waals surface area contributed by atoms with Crippen molar-refractivity contribution in [2.45, 2.75) is 18.2 Å². The van der Waals surface area contributed by atoms with Gasteiger partial charge in [-0.2, -0.15) is 0 Å². The molecule has 1 amide bonds. The number of carbonyl (C=O) groups excluding carboxylic acids is 1. The van der Waals surface area contributed by atoms with Gasteiger partial charge < -0.3 is 0 Å². The molecule has 4 heteroatoms. The molecule has 0 heterocycles. The molecular weight excluding hydrogens is 196 g/mol. The Labute approximate surface area is 69.9 Å². The van der Waals surface area contributed by atoms with Gasteiger partial charge >= 0.3 is 0 Å². The van der Waals surface area contributed by atoms with E-state index in [0.717, 1.165) is 0 Å². The average Bonchev–Trinajstić information content (AvgIpc) is 1.60. The lowest BCUT2D eigenvalue weighted by atomic mass is 10.2. The Hall–Kier alpha value is -0.0900. The average molecular weight is 209 g/mol. The number of nitrogens with one attached hydrogen (secondary N) is 1. The smallest absolute Gasteiger partial charge is 0.250 e. The summed E-state index contributed by atoms with van der Waals surface area (Å²) in [7, 11) is 3.55. The van der Waals surface area contributed by atoms with E-state index in [1.165, 1.54) is 0 Å². The molecule has 0 aromatic carbocycles. The molecule has 0 saturated heterocycles. The fourth-order valence-corrected chi connectivity index (χ4v) is 0.425. The van der Waals surface area contributed by atoms with Crippen LogP contribution >= 0.6 is 15.9 Å². The molecule has 0 saturated carbocycles. The second-order valence-electron chi connectivity index (χ2n) is 2.81. The van der Waals surface area contributed by atoms with Crippen LogP contribution in [-0.2, 0) is 4.79 Å². The fourth-order valence-electron chi connectivity index (χ4n) is 0.336. The van der Waals surface area contributed by atoms with Crippen molar-refractivity contribution < 1.29 is 4.79 Å². The van der Waals surface area contributed by atoms with Gasteiger partial charge in [0.15, 0.2) is 0 Å². The van der Waals surface area contributed by atoms with Crippen LogP contribution in [0.15, 0.2) is 0 Å². The number of rotatable bonds is 2. The molecule has 0 aliphatic heterocycles. The van der Waals surface area contributed by atoms with E-state index < -0.39 is 4.32 Å². The highest BCUT2D eigenvalue weighted by Gasteiger charge is 2.23. The molecule has 0 fully saturated rings. The molecule has 0 aliphatic rings. The number of hydrazine groups is 1. The third-order valence-electron chi connectivity index (χ3n) is 0.865. The molecule has 60 valence electrons. The summed E-state index contributed by atoms with van der Waals surface area (Å²) in [4.78, 5) is 11.1. The van der Waals surface area contributed by atoms with E-state index in [9.17, 15) is 4.79 Å². The normalized spacial score (nSPS) is 11.8. The monoisotopic (exact) mass is 208 g/mol. The number of hydrogen-bond acceptors (Lipinski definition) is 2. The highest BCUT2D eigenvalue weighted by atomic mass is 79.9. The first-order chi connectivity index (χ1) is 4.34. The Kier molecular flexibility index (Phi) is 3.31. The lowest BCUT2D eigenvalue weighted by molar-refractivity contribution is -0.126. The number of nitrogens with zero attached hydrogens (tertiary/aromatic N) is 1. The SMILES string of the molecule is CN(C)NC(=O)C(C)(C)Br. The highest BCUT2D eigenvalue weighted by Crippen LogP contribution is 2.14. The van der Waals surface area contributed by atoms with Crippen LogP contribution in [0.3, 0.4) is 0 Å². The number of hydrogen-bond donors (Lipinski definition) is 1. The second-order valence-corrected chi connectivity index (χ2v) is 4.79. The molecule has 0 atom stereocenters.